The van der Waals surface area contributed by atoms with Gasteiger partial charge in [-0.15, -0.1) is 0 Å². The summed E-state index contributed by atoms with van der Waals surface area (Å²) in [6, 6.07) is 8.01. The topological polar surface area (TPSA) is 32.3 Å². The summed E-state index contributed by atoms with van der Waals surface area (Å²) in [5.41, 5.74) is 1.67. The highest BCUT2D eigenvalue weighted by Gasteiger charge is 2.53. The smallest absolute Gasteiger partial charge is 0.120 e. The van der Waals surface area contributed by atoms with Crippen molar-refractivity contribution in [3.8, 4) is 5.75 Å². The molecular formula is C16H23NO. The Balaban J connectivity index is 1.64. The molecule has 1 atom stereocenters. The molecule has 0 aromatic heterocycles. The van der Waals surface area contributed by atoms with Crippen LogP contribution in [0.4, 0.5) is 0 Å². The molecule has 3 rings (SSSR count). The van der Waals surface area contributed by atoms with Gasteiger partial charge in [-0.25, -0.2) is 0 Å². The van der Waals surface area contributed by atoms with Crippen molar-refractivity contribution in [1.82, 2.24) is 5.32 Å². The molecule has 0 aliphatic heterocycles. The SMILES string of the molecule is CCC(NCC1(C2CC2)CC1)c1ccccc1O. The Labute approximate surface area is 109 Å². The first-order valence-corrected chi connectivity index (χ1v) is 7.26. The normalized spacial score (nSPS) is 22.7. The predicted octanol–water partition coefficient (Wildman–Crippen LogP) is 3.62. The lowest BCUT2D eigenvalue weighted by molar-refractivity contribution is 0.363. The molecule has 0 radical (unpaired) electrons. The molecule has 0 bridgehead atoms. The van der Waals surface area contributed by atoms with Crippen molar-refractivity contribution in [2.75, 3.05) is 6.54 Å². The highest BCUT2D eigenvalue weighted by atomic mass is 16.3. The summed E-state index contributed by atoms with van der Waals surface area (Å²) in [5, 5.41) is 13.6. The van der Waals surface area contributed by atoms with Gasteiger partial charge in [-0.05, 0) is 49.5 Å². The van der Waals surface area contributed by atoms with E-state index in [2.05, 4.69) is 12.2 Å². The van der Waals surface area contributed by atoms with E-state index in [0.717, 1.165) is 24.4 Å². The zero-order valence-electron chi connectivity index (χ0n) is 11.2. The van der Waals surface area contributed by atoms with Crippen LogP contribution in [-0.4, -0.2) is 11.7 Å². The lowest BCUT2D eigenvalue weighted by atomic mass is 9.98. The van der Waals surface area contributed by atoms with Crippen molar-refractivity contribution in [3.63, 3.8) is 0 Å². The van der Waals surface area contributed by atoms with Gasteiger partial charge in [-0.2, -0.15) is 0 Å². The third-order valence-electron chi connectivity index (χ3n) is 4.76. The lowest BCUT2D eigenvalue weighted by Gasteiger charge is -2.22. The molecule has 2 nitrogen and oxygen atoms in total. The molecule has 0 heterocycles. The predicted molar refractivity (Wildman–Crippen MR) is 73.5 cm³/mol. The summed E-state index contributed by atoms with van der Waals surface area (Å²) >= 11 is 0. The van der Waals surface area contributed by atoms with E-state index in [4.69, 9.17) is 0 Å². The molecule has 2 aliphatic carbocycles. The lowest BCUT2D eigenvalue weighted by Crippen LogP contribution is -2.29. The fourth-order valence-corrected chi connectivity index (χ4v) is 3.17. The summed E-state index contributed by atoms with van der Waals surface area (Å²) in [5.74, 6) is 1.42. The number of aromatic hydroxyl groups is 1. The molecule has 2 heteroatoms. The Bertz CT molecular complexity index is 421. The molecule has 2 fully saturated rings. The van der Waals surface area contributed by atoms with Gasteiger partial charge in [0.05, 0.1) is 0 Å². The van der Waals surface area contributed by atoms with Gasteiger partial charge in [0.2, 0.25) is 0 Å². The third kappa shape index (κ3) is 2.26. The number of phenols is 1. The molecule has 2 saturated carbocycles. The van der Waals surface area contributed by atoms with Crippen molar-refractivity contribution >= 4 is 0 Å². The zero-order valence-corrected chi connectivity index (χ0v) is 11.2. The Kier molecular flexibility index (Phi) is 3.06. The molecule has 0 amide bonds. The van der Waals surface area contributed by atoms with Crippen LogP contribution in [0.1, 0.15) is 50.6 Å². The molecular weight excluding hydrogens is 222 g/mol. The highest BCUT2D eigenvalue weighted by molar-refractivity contribution is 5.34. The maximum atomic E-state index is 9.94. The van der Waals surface area contributed by atoms with Crippen LogP contribution in [0.5, 0.6) is 5.75 Å². The van der Waals surface area contributed by atoms with Crippen LogP contribution >= 0.6 is 0 Å². The second-order valence-electron chi connectivity index (χ2n) is 6.04. The first-order valence-electron chi connectivity index (χ1n) is 7.26. The fourth-order valence-electron chi connectivity index (χ4n) is 3.17. The maximum Gasteiger partial charge on any atom is 0.120 e. The summed E-state index contributed by atoms with van der Waals surface area (Å²) < 4.78 is 0. The van der Waals surface area contributed by atoms with Crippen molar-refractivity contribution in [1.29, 1.82) is 0 Å². The average molecular weight is 245 g/mol. The minimum absolute atomic E-state index is 0.294. The fraction of sp³-hybridized carbons (Fsp3) is 0.625. The minimum atomic E-state index is 0.294. The molecule has 2 N–H and O–H groups in total. The van der Waals surface area contributed by atoms with E-state index in [1.807, 2.05) is 18.2 Å². The summed E-state index contributed by atoms with van der Waals surface area (Å²) in [6.07, 6.45) is 6.71. The first-order chi connectivity index (χ1) is 8.75. The zero-order chi connectivity index (χ0) is 12.6. The Morgan fingerprint density at radius 2 is 2.06 bits per heavy atom. The molecule has 0 saturated heterocycles. The number of hydrogen-bond acceptors (Lipinski definition) is 2. The number of nitrogens with one attached hydrogen (secondary N) is 1. The second-order valence-corrected chi connectivity index (χ2v) is 6.04. The highest BCUT2D eigenvalue weighted by Crippen LogP contribution is 2.61. The summed E-state index contributed by atoms with van der Waals surface area (Å²) in [6.45, 7) is 3.31. The van der Waals surface area contributed by atoms with Crippen molar-refractivity contribution < 1.29 is 5.11 Å². The number of hydrogen-bond donors (Lipinski definition) is 2. The molecule has 0 spiro atoms. The molecule has 1 unspecified atom stereocenters. The number of benzene rings is 1. The summed E-state index contributed by atoms with van der Waals surface area (Å²) in [7, 11) is 0. The van der Waals surface area contributed by atoms with E-state index >= 15 is 0 Å². The van der Waals surface area contributed by atoms with Gasteiger partial charge in [-0.3, -0.25) is 0 Å². The summed E-state index contributed by atoms with van der Waals surface area (Å²) in [4.78, 5) is 0. The van der Waals surface area contributed by atoms with Gasteiger partial charge in [0.15, 0.2) is 0 Å². The van der Waals surface area contributed by atoms with Crippen LogP contribution in [-0.2, 0) is 0 Å². The largest absolute Gasteiger partial charge is 0.508 e. The molecule has 2 aliphatic rings. The van der Waals surface area contributed by atoms with Crippen LogP contribution in [0.3, 0.4) is 0 Å². The van der Waals surface area contributed by atoms with Crippen LogP contribution in [0.15, 0.2) is 24.3 Å². The van der Waals surface area contributed by atoms with E-state index in [1.165, 1.54) is 25.7 Å². The van der Waals surface area contributed by atoms with Crippen molar-refractivity contribution in [2.45, 2.75) is 45.1 Å². The van der Waals surface area contributed by atoms with Crippen LogP contribution in [0.25, 0.3) is 0 Å². The first kappa shape index (κ1) is 12.0. The van der Waals surface area contributed by atoms with Crippen LogP contribution in [0, 0.1) is 11.3 Å². The van der Waals surface area contributed by atoms with E-state index in [1.54, 1.807) is 6.07 Å². The molecule has 98 valence electrons. The van der Waals surface area contributed by atoms with E-state index < -0.39 is 0 Å². The Morgan fingerprint density at radius 1 is 1.33 bits per heavy atom. The number of para-hydroxylation sites is 1. The molecule has 18 heavy (non-hydrogen) atoms. The Hall–Kier alpha value is -1.02. The van der Waals surface area contributed by atoms with Gasteiger partial charge in [0.1, 0.15) is 5.75 Å². The quantitative estimate of drug-likeness (QED) is 0.802. The van der Waals surface area contributed by atoms with Crippen LogP contribution < -0.4 is 5.32 Å². The Morgan fingerprint density at radius 3 is 2.61 bits per heavy atom. The monoisotopic (exact) mass is 245 g/mol. The van der Waals surface area contributed by atoms with E-state index in [9.17, 15) is 5.11 Å². The van der Waals surface area contributed by atoms with Crippen LogP contribution in [0.2, 0.25) is 0 Å². The van der Waals surface area contributed by atoms with Gasteiger partial charge in [0, 0.05) is 18.2 Å². The molecule has 1 aromatic carbocycles. The molecule has 1 aromatic rings. The van der Waals surface area contributed by atoms with E-state index in [0.29, 0.717) is 17.2 Å². The minimum Gasteiger partial charge on any atom is -0.508 e. The number of rotatable bonds is 6. The number of phenolic OH excluding ortho intramolecular Hbond substituents is 1. The maximum absolute atomic E-state index is 9.94. The van der Waals surface area contributed by atoms with Gasteiger partial charge in [-0.1, -0.05) is 25.1 Å². The second kappa shape index (κ2) is 4.58. The average Bonchev–Trinajstić information content (AvgIpc) is 3.25. The van der Waals surface area contributed by atoms with Gasteiger partial charge in [0.25, 0.3) is 0 Å². The van der Waals surface area contributed by atoms with Crippen molar-refractivity contribution in [2.24, 2.45) is 11.3 Å². The van der Waals surface area contributed by atoms with Gasteiger partial charge < -0.3 is 10.4 Å². The van der Waals surface area contributed by atoms with Gasteiger partial charge >= 0.3 is 0 Å². The third-order valence-corrected chi connectivity index (χ3v) is 4.76. The van der Waals surface area contributed by atoms with Crippen molar-refractivity contribution in [3.05, 3.63) is 29.8 Å². The standard InChI is InChI=1S/C16H23NO/c1-2-14(13-5-3-4-6-15(13)18)17-11-16(9-10-16)12-7-8-12/h3-6,12,14,17-18H,2,7-11H2,1H3. The van der Waals surface area contributed by atoms with E-state index in [-0.39, 0.29) is 0 Å².